The summed E-state index contributed by atoms with van der Waals surface area (Å²) in [5, 5.41) is 2.09. The molecule has 0 saturated carbocycles. The Kier molecular flexibility index (Phi) is 18.1. The van der Waals surface area contributed by atoms with Crippen LogP contribution in [0.3, 0.4) is 0 Å². The second kappa shape index (κ2) is 22.5. The molecular formula is C46H68N4O14+2. The van der Waals surface area contributed by atoms with Gasteiger partial charge in [0.25, 0.3) is 0 Å². The lowest BCUT2D eigenvalue weighted by Crippen LogP contribution is -2.67. The van der Waals surface area contributed by atoms with E-state index >= 15 is 0 Å². The third-order valence-corrected chi connectivity index (χ3v) is 12.2. The summed E-state index contributed by atoms with van der Waals surface area (Å²) in [5.74, 6) is -3.49. The molecule has 2 aromatic carbocycles. The molecule has 2 aliphatic rings. The predicted molar refractivity (Wildman–Crippen MR) is 229 cm³/mol. The molecule has 2 aromatic rings. The Labute approximate surface area is 376 Å². The first kappa shape index (κ1) is 51.3. The van der Waals surface area contributed by atoms with Gasteiger partial charge in [0, 0.05) is 63.5 Å². The van der Waals surface area contributed by atoms with Crippen molar-refractivity contribution in [2.75, 3.05) is 67.7 Å². The van der Waals surface area contributed by atoms with E-state index in [0.29, 0.717) is 48.6 Å². The van der Waals surface area contributed by atoms with E-state index in [1.807, 2.05) is 27.7 Å². The molecule has 0 spiro atoms. The molecule has 0 radical (unpaired) electrons. The molecule has 0 N–H and O–H groups in total. The molecular weight excluding hydrogens is 833 g/mol. The van der Waals surface area contributed by atoms with Gasteiger partial charge in [-0.2, -0.15) is 0 Å². The highest BCUT2D eigenvalue weighted by Crippen LogP contribution is 2.38. The van der Waals surface area contributed by atoms with Crippen molar-refractivity contribution in [3.05, 3.63) is 59.7 Å². The molecule has 0 bridgehead atoms. The van der Waals surface area contributed by atoms with Gasteiger partial charge in [-0.3, -0.25) is 28.9 Å². The highest BCUT2D eigenvalue weighted by Gasteiger charge is 2.58. The summed E-state index contributed by atoms with van der Waals surface area (Å²) in [6, 6.07) is 14.3. The Morgan fingerprint density at radius 2 is 0.891 bits per heavy atom. The molecule has 2 saturated heterocycles. The Hall–Kier alpha value is -5.30. The fraction of sp³-hybridized carbons (Fsp3) is 0.609. The molecule has 64 heavy (non-hydrogen) atoms. The number of carbonyl (C=O) groups excluding carboxylic acids is 6. The molecule has 18 nitrogen and oxygen atoms in total. The van der Waals surface area contributed by atoms with Crippen LogP contribution in [-0.4, -0.2) is 134 Å². The smallest absolute Gasteiger partial charge is 0.480 e. The average molecular weight is 901 g/mol. The van der Waals surface area contributed by atoms with Crippen LogP contribution in [0.15, 0.2) is 48.5 Å². The summed E-state index contributed by atoms with van der Waals surface area (Å²) < 4.78 is 20.8. The third kappa shape index (κ3) is 12.1. The van der Waals surface area contributed by atoms with E-state index in [-0.39, 0.29) is 86.2 Å². The van der Waals surface area contributed by atoms with Crippen LogP contribution in [0.4, 0.5) is 0 Å². The maximum Gasteiger partial charge on any atom is 0.480 e. The first-order chi connectivity index (χ1) is 30.4. The molecule has 18 heteroatoms. The number of likely N-dealkylation sites (tertiary alicyclic amines) is 2. The van der Waals surface area contributed by atoms with E-state index in [2.05, 4.69) is 0 Å². The van der Waals surface area contributed by atoms with E-state index in [1.165, 1.54) is 42.3 Å². The normalized spacial score (nSPS) is 23.1. The number of hydrogen-bond acceptors (Lipinski definition) is 14. The average Bonchev–Trinajstić information content (AvgIpc) is 3.28. The van der Waals surface area contributed by atoms with Crippen LogP contribution in [0.1, 0.15) is 91.2 Å². The van der Waals surface area contributed by atoms with Crippen molar-refractivity contribution in [2.45, 2.75) is 104 Å². The number of methoxy groups -OCH3 is 4. The Morgan fingerprint density at radius 1 is 0.562 bits per heavy atom. The number of esters is 2. The lowest BCUT2D eigenvalue weighted by atomic mass is 9.86. The highest BCUT2D eigenvalue weighted by molar-refractivity contribution is 6.29. The van der Waals surface area contributed by atoms with Gasteiger partial charge in [0.15, 0.2) is 11.1 Å². The Morgan fingerprint density at radius 3 is 1.17 bits per heavy atom. The minimum Gasteiger partial charge on any atom is -0.496 e. The number of piperidine rings is 2. The van der Waals surface area contributed by atoms with Crippen LogP contribution in [0, 0.1) is 11.8 Å². The number of rotatable bonds is 20. The van der Waals surface area contributed by atoms with E-state index in [0.717, 1.165) is 10.1 Å². The number of ether oxygens (including phenoxy) is 4. The molecule has 0 atom stereocenters. The van der Waals surface area contributed by atoms with E-state index in [9.17, 15) is 28.8 Å². The van der Waals surface area contributed by atoms with Crippen molar-refractivity contribution in [3.63, 3.8) is 0 Å². The fourth-order valence-electron chi connectivity index (χ4n) is 8.47. The maximum atomic E-state index is 14.0. The molecule has 0 aliphatic carbocycles. The molecule has 0 unspecified atom stereocenters. The van der Waals surface area contributed by atoms with Gasteiger partial charge >= 0.3 is 23.9 Å². The van der Waals surface area contributed by atoms with Gasteiger partial charge in [-0.25, -0.2) is 29.3 Å². The number of benzene rings is 2. The second-order valence-electron chi connectivity index (χ2n) is 17.4. The fourth-order valence-corrected chi connectivity index (χ4v) is 8.47. The number of hydroxylamine groups is 10. The number of quaternary nitrogens is 2. The molecule has 2 heterocycles. The van der Waals surface area contributed by atoms with Gasteiger partial charge in [-0.15, -0.1) is 9.29 Å². The van der Waals surface area contributed by atoms with Gasteiger partial charge in [-0.1, -0.05) is 64.1 Å². The van der Waals surface area contributed by atoms with E-state index in [1.54, 1.807) is 48.5 Å². The van der Waals surface area contributed by atoms with Crippen molar-refractivity contribution in [1.82, 2.24) is 10.1 Å². The largest absolute Gasteiger partial charge is 0.496 e. The number of carbonyl (C=O) groups is 6. The Bertz CT molecular complexity index is 1800. The monoisotopic (exact) mass is 900 g/mol. The zero-order chi connectivity index (χ0) is 47.3. The second-order valence-corrected chi connectivity index (χ2v) is 17.4. The zero-order valence-corrected chi connectivity index (χ0v) is 39.2. The summed E-state index contributed by atoms with van der Waals surface area (Å²) in [7, 11) is 5.50. The highest BCUT2D eigenvalue weighted by atomic mass is 16.8. The van der Waals surface area contributed by atoms with Crippen LogP contribution < -0.4 is 9.47 Å². The quantitative estimate of drug-likeness (QED) is 0.0748. The maximum absolute atomic E-state index is 14.0. The number of hydrogen-bond donors (Lipinski definition) is 0. The predicted octanol–water partition coefficient (Wildman–Crippen LogP) is 5.02. The number of amides is 2. The van der Waals surface area contributed by atoms with Gasteiger partial charge < -0.3 is 18.9 Å². The van der Waals surface area contributed by atoms with Crippen molar-refractivity contribution in [2.24, 2.45) is 11.8 Å². The van der Waals surface area contributed by atoms with Crippen molar-refractivity contribution >= 4 is 35.7 Å². The standard InChI is InChI=1S/C46H68N4O14/c1-33(2)19-25-49(27-21-45(22-28-49,43(55)59-9)47(35(5)51)61-31-37-15-11-13-17-39(37)57-7)63-41(53)42(54)64-50(26-20-34(3)4)29-23-46(24-30-50,44(56)60-10)48(36(6)52)62-32-38-16-12-14-18-40(38)58-8/h11-18,33-34H,19-32H2,1-10H3/q+2. The van der Waals surface area contributed by atoms with Gasteiger partial charge in [0.2, 0.25) is 11.8 Å². The van der Waals surface area contributed by atoms with Gasteiger partial charge in [0.1, 0.15) is 64.0 Å². The molecule has 4 rings (SSSR count). The summed E-state index contributed by atoms with van der Waals surface area (Å²) in [6.07, 6.45) is 1.10. The van der Waals surface area contributed by atoms with Crippen LogP contribution in [0.2, 0.25) is 0 Å². The molecule has 2 amide bonds. The van der Waals surface area contributed by atoms with Crippen molar-refractivity contribution in [1.29, 1.82) is 0 Å². The van der Waals surface area contributed by atoms with E-state index < -0.39 is 46.8 Å². The summed E-state index contributed by atoms with van der Waals surface area (Å²) in [4.78, 5) is 106. The van der Waals surface area contributed by atoms with Crippen molar-refractivity contribution in [3.8, 4) is 11.5 Å². The minimum absolute atomic E-state index is 0.0264. The number of para-hydroxylation sites is 2. The Balaban J connectivity index is 1.58. The van der Waals surface area contributed by atoms with Crippen LogP contribution in [-0.2, 0) is 70.8 Å². The SMILES string of the molecule is COC(=O)C1(N(OCc2ccccc2OC)C(C)=O)CC[N+](CCC(C)C)(OC(=O)C(=O)O[N+]2(CCC(C)C)CCC(C(=O)OC)(N(OCc3ccccc3OC)C(C)=O)CC2)CC1. The third-order valence-electron chi connectivity index (χ3n) is 12.2. The molecule has 2 fully saturated rings. The van der Waals surface area contributed by atoms with Crippen LogP contribution in [0.25, 0.3) is 0 Å². The first-order valence-corrected chi connectivity index (χ1v) is 21.8. The zero-order valence-electron chi connectivity index (χ0n) is 39.2. The van der Waals surface area contributed by atoms with Crippen molar-refractivity contribution < 1.29 is 76.4 Å². The lowest BCUT2D eigenvalue weighted by molar-refractivity contribution is -1.10. The summed E-state index contributed by atoms with van der Waals surface area (Å²) in [6.45, 7) is 11.2. The topological polar surface area (TPSA) is 183 Å². The first-order valence-electron chi connectivity index (χ1n) is 21.8. The van der Waals surface area contributed by atoms with E-state index in [4.69, 9.17) is 38.3 Å². The van der Waals surface area contributed by atoms with Gasteiger partial charge in [-0.05, 0) is 24.0 Å². The van der Waals surface area contributed by atoms with Crippen LogP contribution in [0.5, 0.6) is 11.5 Å². The van der Waals surface area contributed by atoms with Gasteiger partial charge in [0.05, 0.1) is 28.4 Å². The number of nitrogens with zero attached hydrogens (tertiary/aromatic N) is 4. The molecule has 2 aliphatic heterocycles. The summed E-state index contributed by atoms with van der Waals surface area (Å²) in [5.41, 5.74) is -1.86. The minimum atomic E-state index is -1.58. The molecule has 354 valence electrons. The lowest BCUT2D eigenvalue weighted by Gasteiger charge is -2.48. The summed E-state index contributed by atoms with van der Waals surface area (Å²) >= 11 is 0. The van der Waals surface area contributed by atoms with Crippen LogP contribution >= 0.6 is 0 Å². The molecule has 0 aromatic heterocycles.